The second kappa shape index (κ2) is 13.1. The number of hydrogen-bond donors (Lipinski definition) is 4. The summed E-state index contributed by atoms with van der Waals surface area (Å²) in [7, 11) is 2.40. The summed E-state index contributed by atoms with van der Waals surface area (Å²) in [5, 5.41) is 23.6. The number of carbonyl (C=O) groups excluding carboxylic acids is 3. The Morgan fingerprint density at radius 1 is 0.914 bits per heavy atom. The van der Waals surface area contributed by atoms with Crippen LogP contribution in [0.3, 0.4) is 0 Å². The first-order valence-corrected chi connectivity index (χ1v) is 11.6. The number of carbonyl (C=O) groups is 3. The number of aromatic hydroxyl groups is 1. The number of amides is 3. The van der Waals surface area contributed by atoms with Crippen LogP contribution in [0.5, 0.6) is 5.75 Å². The summed E-state index contributed by atoms with van der Waals surface area (Å²) in [6, 6.07) is 14.2. The van der Waals surface area contributed by atoms with E-state index in [9.17, 15) is 19.5 Å². The van der Waals surface area contributed by atoms with Crippen LogP contribution in [0, 0.1) is 0 Å². The molecule has 0 saturated carbocycles. The van der Waals surface area contributed by atoms with E-state index in [0.29, 0.717) is 19.6 Å². The van der Waals surface area contributed by atoms with E-state index in [1.807, 2.05) is 44.2 Å². The Kier molecular flexibility index (Phi) is 10.3. The number of likely N-dealkylation sites (tertiary alicyclic amines) is 1. The number of aliphatic hydroxyl groups excluding tert-OH is 1. The lowest BCUT2D eigenvalue weighted by molar-refractivity contribution is -0.136. The van der Waals surface area contributed by atoms with E-state index in [4.69, 9.17) is 5.11 Å². The van der Waals surface area contributed by atoms with Crippen molar-refractivity contribution in [2.24, 2.45) is 0 Å². The predicted octanol–water partition coefficient (Wildman–Crippen LogP) is 2.67. The smallest absolute Gasteiger partial charge is 0.279 e. The van der Waals surface area contributed by atoms with Gasteiger partial charge in [-0.2, -0.15) is 0 Å². The monoisotopic (exact) mass is 482 g/mol. The first-order chi connectivity index (χ1) is 17.0. The number of para-hydroxylation sites is 1. The predicted molar refractivity (Wildman–Crippen MR) is 134 cm³/mol. The van der Waals surface area contributed by atoms with Gasteiger partial charge in [0, 0.05) is 33.8 Å². The highest BCUT2D eigenvalue weighted by Gasteiger charge is 2.36. The number of hydrogen-bond acceptors (Lipinski definition) is 7. The summed E-state index contributed by atoms with van der Waals surface area (Å²) in [5.74, 6) is -1.48. The molecule has 0 unspecified atom stereocenters. The minimum atomic E-state index is -0.517. The Hall–Kier alpha value is -3.85. The van der Waals surface area contributed by atoms with Gasteiger partial charge < -0.3 is 25.7 Å². The molecule has 1 fully saturated rings. The Morgan fingerprint density at radius 2 is 1.51 bits per heavy atom. The lowest BCUT2D eigenvalue weighted by atomic mass is 10.1. The molecule has 0 spiro atoms. The van der Waals surface area contributed by atoms with Gasteiger partial charge in [-0.1, -0.05) is 50.2 Å². The summed E-state index contributed by atoms with van der Waals surface area (Å²) >= 11 is 0. The van der Waals surface area contributed by atoms with Crippen LogP contribution < -0.4 is 10.6 Å². The third-order valence-electron chi connectivity index (χ3n) is 5.52. The molecule has 2 aromatic carbocycles. The van der Waals surface area contributed by atoms with Crippen LogP contribution in [0.15, 0.2) is 59.9 Å². The number of benzene rings is 2. The molecule has 0 bridgehead atoms. The summed E-state index contributed by atoms with van der Waals surface area (Å²) in [4.78, 5) is 40.7. The fraction of sp³-hybridized carbons (Fsp3) is 0.346. The van der Waals surface area contributed by atoms with Gasteiger partial charge >= 0.3 is 0 Å². The molecule has 9 nitrogen and oxygen atoms in total. The van der Waals surface area contributed by atoms with Gasteiger partial charge in [-0.15, -0.1) is 0 Å². The average Bonchev–Trinajstić information content (AvgIpc) is 3.51. The molecule has 2 aromatic rings. The molecule has 0 aromatic heterocycles. The van der Waals surface area contributed by atoms with Gasteiger partial charge in [0.15, 0.2) is 5.75 Å². The minimum Gasteiger partial charge on any atom is -0.505 e. The second-order valence-corrected chi connectivity index (χ2v) is 7.58. The fourth-order valence-electron chi connectivity index (χ4n) is 3.75. The summed E-state index contributed by atoms with van der Waals surface area (Å²) < 4.78 is 0. The molecule has 2 heterocycles. The number of aliphatic hydroxyl groups is 1. The second-order valence-electron chi connectivity index (χ2n) is 7.58. The molecule has 3 amide bonds. The number of rotatable bonds is 6. The first-order valence-electron chi connectivity index (χ1n) is 11.6. The van der Waals surface area contributed by atoms with Crippen molar-refractivity contribution in [1.82, 2.24) is 15.1 Å². The van der Waals surface area contributed by atoms with Crippen LogP contribution in [0.2, 0.25) is 0 Å². The van der Waals surface area contributed by atoms with Crippen LogP contribution in [-0.2, 0) is 16.1 Å². The molecule has 2 aliphatic rings. The number of phenols is 1. The van der Waals surface area contributed by atoms with E-state index in [1.165, 1.54) is 7.05 Å². The van der Waals surface area contributed by atoms with E-state index in [-0.39, 0.29) is 34.3 Å². The average molecular weight is 483 g/mol. The van der Waals surface area contributed by atoms with Gasteiger partial charge in [-0.25, -0.2) is 0 Å². The minimum absolute atomic E-state index is 0.0319. The Labute approximate surface area is 206 Å². The molecule has 4 N–H and O–H groups in total. The van der Waals surface area contributed by atoms with Crippen LogP contribution in [0.25, 0.3) is 0 Å². The van der Waals surface area contributed by atoms with Crippen molar-refractivity contribution in [2.45, 2.75) is 33.2 Å². The number of likely N-dealkylation sites (N-methyl/N-ethyl adjacent to an activating group) is 1. The lowest BCUT2D eigenvalue weighted by Gasteiger charge is -2.18. The highest BCUT2D eigenvalue weighted by Crippen LogP contribution is 2.32. The molecular formula is C26H34N4O5. The van der Waals surface area contributed by atoms with E-state index in [0.717, 1.165) is 30.4 Å². The van der Waals surface area contributed by atoms with E-state index in [1.54, 1.807) is 23.1 Å². The van der Waals surface area contributed by atoms with Gasteiger partial charge in [-0.3, -0.25) is 19.3 Å². The van der Waals surface area contributed by atoms with Crippen molar-refractivity contribution in [3.05, 3.63) is 71.1 Å². The zero-order chi connectivity index (χ0) is 26.0. The normalized spacial score (nSPS) is 14.8. The summed E-state index contributed by atoms with van der Waals surface area (Å²) in [5.41, 5.74) is 1.45. The van der Waals surface area contributed by atoms with Crippen LogP contribution in [0.4, 0.5) is 5.69 Å². The van der Waals surface area contributed by atoms with Crippen LogP contribution in [0.1, 0.15) is 42.6 Å². The molecule has 9 heteroatoms. The Morgan fingerprint density at radius 3 is 2.14 bits per heavy atom. The highest BCUT2D eigenvalue weighted by molar-refractivity contribution is 6.20. The molecular weight excluding hydrogens is 448 g/mol. The SMILES string of the molecule is CC.CN1C(=O)C(NCc2ccccc2)=C(Nc2cccc(C(=O)N3CCCC3)c2O)C1=O.CO. The van der Waals surface area contributed by atoms with Crippen LogP contribution >= 0.6 is 0 Å². The highest BCUT2D eigenvalue weighted by atomic mass is 16.3. The fourth-order valence-corrected chi connectivity index (χ4v) is 3.75. The first kappa shape index (κ1) is 27.4. The standard InChI is InChI=1S/C23H24N4O4.C2H6.CH4O/c1-26-22(30)18(24-14-15-8-3-2-4-9-15)19(23(26)31)25-17-11-7-10-16(20(17)28)21(29)27-12-5-6-13-27;2*1-2/h2-4,7-11,24-25,28H,5-6,12-14H2,1H3;1-2H3;2H,1H3. The van der Waals surface area contributed by atoms with Gasteiger partial charge in [-0.05, 0) is 30.5 Å². The lowest BCUT2D eigenvalue weighted by Crippen LogP contribution is -2.30. The number of phenolic OH excluding ortho intramolecular Hbond substituents is 1. The summed E-state index contributed by atoms with van der Waals surface area (Å²) in [6.45, 7) is 5.67. The Bertz CT molecular complexity index is 1060. The zero-order valence-electron chi connectivity index (χ0n) is 20.7. The van der Waals surface area contributed by atoms with Crippen molar-refractivity contribution in [3.8, 4) is 5.75 Å². The van der Waals surface area contributed by atoms with E-state index >= 15 is 0 Å². The zero-order valence-corrected chi connectivity index (χ0v) is 20.7. The van der Waals surface area contributed by atoms with Crippen LogP contribution in [-0.4, -0.2) is 65.0 Å². The Balaban J connectivity index is 0.00000103. The third-order valence-corrected chi connectivity index (χ3v) is 5.52. The number of nitrogens with one attached hydrogen (secondary N) is 2. The molecule has 4 rings (SSSR count). The van der Waals surface area contributed by atoms with Crippen molar-refractivity contribution >= 4 is 23.4 Å². The molecule has 0 atom stereocenters. The number of nitrogens with zero attached hydrogens (tertiary/aromatic N) is 2. The quantitative estimate of drug-likeness (QED) is 0.369. The molecule has 0 aliphatic carbocycles. The van der Waals surface area contributed by atoms with E-state index in [2.05, 4.69) is 10.6 Å². The maximum atomic E-state index is 12.7. The van der Waals surface area contributed by atoms with E-state index < -0.39 is 11.8 Å². The van der Waals surface area contributed by atoms with Crippen molar-refractivity contribution < 1.29 is 24.6 Å². The van der Waals surface area contributed by atoms with Gasteiger partial charge in [0.05, 0.1) is 11.3 Å². The molecule has 0 radical (unpaired) electrons. The van der Waals surface area contributed by atoms with Gasteiger partial charge in [0.1, 0.15) is 11.4 Å². The maximum absolute atomic E-state index is 12.7. The molecule has 188 valence electrons. The largest absolute Gasteiger partial charge is 0.505 e. The topological polar surface area (TPSA) is 122 Å². The van der Waals surface area contributed by atoms with Crippen molar-refractivity contribution in [3.63, 3.8) is 0 Å². The number of imide groups is 1. The number of anilines is 1. The van der Waals surface area contributed by atoms with Gasteiger partial charge in [0.2, 0.25) is 0 Å². The van der Waals surface area contributed by atoms with Crippen molar-refractivity contribution in [1.29, 1.82) is 0 Å². The maximum Gasteiger partial charge on any atom is 0.279 e. The third kappa shape index (κ3) is 6.19. The van der Waals surface area contributed by atoms with Crippen molar-refractivity contribution in [2.75, 3.05) is 32.6 Å². The van der Waals surface area contributed by atoms with Gasteiger partial charge in [0.25, 0.3) is 17.7 Å². The summed E-state index contributed by atoms with van der Waals surface area (Å²) in [6.07, 6.45) is 1.88. The molecule has 2 aliphatic heterocycles. The molecule has 1 saturated heterocycles. The molecule has 35 heavy (non-hydrogen) atoms.